The minimum absolute atomic E-state index is 0.00397. The summed E-state index contributed by atoms with van der Waals surface area (Å²) in [6, 6.07) is 8.13. The summed E-state index contributed by atoms with van der Waals surface area (Å²) in [7, 11) is 0. The Kier molecular flexibility index (Phi) is 4.80. The van der Waals surface area contributed by atoms with Gasteiger partial charge in [-0.15, -0.1) is 11.3 Å². The Morgan fingerprint density at radius 2 is 1.89 bits per heavy atom. The first-order valence-corrected chi connectivity index (χ1v) is 9.77. The fourth-order valence-electron chi connectivity index (χ4n) is 3.38. The zero-order valence-corrected chi connectivity index (χ0v) is 16.2. The van der Waals surface area contributed by atoms with Crippen LogP contribution in [0, 0.1) is 13.8 Å². The van der Waals surface area contributed by atoms with E-state index in [1.165, 1.54) is 27.8 Å². The van der Waals surface area contributed by atoms with E-state index in [-0.39, 0.29) is 18.0 Å². The maximum atomic E-state index is 13.2. The van der Waals surface area contributed by atoms with Crippen molar-refractivity contribution < 1.29 is 9.53 Å². The molecule has 1 aromatic carbocycles. The molecule has 1 amide bonds. The van der Waals surface area contributed by atoms with E-state index in [1.807, 2.05) is 38.1 Å². The number of fused-ring (bicyclic) bond motifs is 1. The van der Waals surface area contributed by atoms with Crippen molar-refractivity contribution in [2.45, 2.75) is 20.4 Å². The van der Waals surface area contributed by atoms with Crippen LogP contribution in [0.15, 0.2) is 35.4 Å². The Bertz CT molecular complexity index is 1050. The van der Waals surface area contributed by atoms with Gasteiger partial charge in [-0.2, -0.15) is 0 Å². The van der Waals surface area contributed by atoms with Gasteiger partial charge in [-0.25, -0.2) is 4.98 Å². The number of morpholine rings is 1. The highest BCUT2D eigenvalue weighted by Crippen LogP contribution is 2.35. The predicted octanol–water partition coefficient (Wildman–Crippen LogP) is 2.60. The van der Waals surface area contributed by atoms with Gasteiger partial charge in [0.05, 0.1) is 24.9 Å². The molecule has 7 heteroatoms. The van der Waals surface area contributed by atoms with E-state index in [1.54, 1.807) is 4.90 Å². The number of carbonyl (C=O) groups is 1. The number of hydrogen-bond acceptors (Lipinski definition) is 5. The summed E-state index contributed by atoms with van der Waals surface area (Å²) in [6.45, 7) is 6.26. The first kappa shape index (κ1) is 17.9. The second-order valence-corrected chi connectivity index (χ2v) is 7.95. The van der Waals surface area contributed by atoms with E-state index < -0.39 is 0 Å². The zero-order valence-electron chi connectivity index (χ0n) is 15.4. The van der Waals surface area contributed by atoms with Crippen LogP contribution in [-0.4, -0.2) is 46.7 Å². The van der Waals surface area contributed by atoms with Crippen LogP contribution in [0.3, 0.4) is 0 Å². The third kappa shape index (κ3) is 3.40. The van der Waals surface area contributed by atoms with Gasteiger partial charge < -0.3 is 9.64 Å². The minimum Gasteiger partial charge on any atom is -0.378 e. The number of benzene rings is 1. The monoisotopic (exact) mass is 383 g/mol. The molecule has 0 aliphatic carbocycles. The third-order valence-corrected chi connectivity index (χ3v) is 5.88. The highest BCUT2D eigenvalue weighted by Gasteiger charge is 2.20. The molecule has 1 fully saturated rings. The zero-order chi connectivity index (χ0) is 19.0. The average molecular weight is 383 g/mol. The van der Waals surface area contributed by atoms with Crippen LogP contribution in [-0.2, 0) is 16.1 Å². The molecule has 0 atom stereocenters. The number of hydrogen-bond donors (Lipinski definition) is 0. The Morgan fingerprint density at radius 1 is 1.19 bits per heavy atom. The van der Waals surface area contributed by atoms with Crippen molar-refractivity contribution in [1.29, 1.82) is 0 Å². The Hall–Kier alpha value is -2.51. The van der Waals surface area contributed by atoms with Crippen LogP contribution in [0.2, 0.25) is 0 Å². The molecule has 1 aliphatic rings. The van der Waals surface area contributed by atoms with Crippen LogP contribution in [0.4, 0.5) is 0 Å². The van der Waals surface area contributed by atoms with Crippen molar-refractivity contribution in [3.63, 3.8) is 0 Å². The van der Waals surface area contributed by atoms with Gasteiger partial charge in [0.2, 0.25) is 5.91 Å². The number of carbonyl (C=O) groups excluding carboxylic acids is 1. The summed E-state index contributed by atoms with van der Waals surface area (Å²) in [6.07, 6.45) is 1.48. The Balaban J connectivity index is 1.75. The molecule has 1 aliphatic heterocycles. The van der Waals surface area contributed by atoms with Gasteiger partial charge in [0.1, 0.15) is 11.4 Å². The van der Waals surface area contributed by atoms with Gasteiger partial charge in [-0.1, -0.05) is 29.8 Å². The molecule has 0 bridgehead atoms. The van der Waals surface area contributed by atoms with Crippen LogP contribution >= 0.6 is 11.3 Å². The lowest BCUT2D eigenvalue weighted by molar-refractivity contribution is -0.135. The standard InChI is InChI=1S/C20H21N3O3S/c1-13-3-5-15(6-4-13)17-14(2)27-19-18(17)20(25)23(12-21-19)11-16(24)22-7-9-26-10-8-22/h3-6,12H,7-11H2,1-2H3. The van der Waals surface area contributed by atoms with Crippen LogP contribution < -0.4 is 5.56 Å². The van der Waals surface area contributed by atoms with Crippen molar-refractivity contribution in [2.24, 2.45) is 0 Å². The van der Waals surface area contributed by atoms with E-state index in [0.717, 1.165) is 16.0 Å². The maximum absolute atomic E-state index is 13.2. The lowest BCUT2D eigenvalue weighted by atomic mass is 10.0. The summed E-state index contributed by atoms with van der Waals surface area (Å²) in [5.74, 6) is -0.0783. The van der Waals surface area contributed by atoms with E-state index in [0.29, 0.717) is 36.5 Å². The average Bonchev–Trinajstić information content (AvgIpc) is 3.02. The number of ether oxygens (including phenoxy) is 1. The van der Waals surface area contributed by atoms with E-state index >= 15 is 0 Å². The Morgan fingerprint density at radius 3 is 2.59 bits per heavy atom. The topological polar surface area (TPSA) is 64.4 Å². The minimum atomic E-state index is -0.165. The first-order chi connectivity index (χ1) is 13.0. The third-order valence-electron chi connectivity index (χ3n) is 4.86. The summed E-state index contributed by atoms with van der Waals surface area (Å²) in [5, 5.41) is 0.596. The maximum Gasteiger partial charge on any atom is 0.263 e. The molecule has 27 heavy (non-hydrogen) atoms. The lowest BCUT2D eigenvalue weighted by Gasteiger charge is -2.26. The molecule has 3 heterocycles. The smallest absolute Gasteiger partial charge is 0.263 e. The van der Waals surface area contributed by atoms with E-state index in [4.69, 9.17) is 4.74 Å². The quantitative estimate of drug-likeness (QED) is 0.697. The first-order valence-electron chi connectivity index (χ1n) is 8.95. The highest BCUT2D eigenvalue weighted by atomic mass is 32.1. The van der Waals surface area contributed by atoms with E-state index in [2.05, 4.69) is 4.98 Å². The van der Waals surface area contributed by atoms with Gasteiger partial charge in [0, 0.05) is 23.5 Å². The second-order valence-electron chi connectivity index (χ2n) is 6.75. The second kappa shape index (κ2) is 7.25. The van der Waals surface area contributed by atoms with Crippen molar-refractivity contribution in [2.75, 3.05) is 26.3 Å². The molecule has 0 saturated carbocycles. The van der Waals surface area contributed by atoms with Crippen LogP contribution in [0.1, 0.15) is 10.4 Å². The fraction of sp³-hybridized carbons (Fsp3) is 0.350. The number of nitrogens with zero attached hydrogens (tertiary/aromatic N) is 3. The number of amides is 1. The molecule has 2 aromatic heterocycles. The van der Waals surface area contributed by atoms with Gasteiger partial charge in [0.25, 0.3) is 5.56 Å². The molecular formula is C20H21N3O3S. The van der Waals surface area contributed by atoms with Crippen molar-refractivity contribution in [1.82, 2.24) is 14.5 Å². The van der Waals surface area contributed by atoms with Crippen molar-refractivity contribution in [3.05, 3.63) is 51.4 Å². The summed E-state index contributed by atoms with van der Waals surface area (Å²) in [4.78, 5) is 33.6. The molecule has 140 valence electrons. The number of aromatic nitrogens is 2. The Labute approximate surface area is 161 Å². The van der Waals surface area contributed by atoms with Crippen LogP contribution in [0.25, 0.3) is 21.3 Å². The molecule has 0 spiro atoms. The number of aryl methyl sites for hydroxylation is 2. The number of thiophene rings is 1. The molecule has 0 unspecified atom stereocenters. The van der Waals surface area contributed by atoms with Crippen LogP contribution in [0.5, 0.6) is 0 Å². The van der Waals surface area contributed by atoms with Gasteiger partial charge in [-0.05, 0) is 19.4 Å². The summed E-state index contributed by atoms with van der Waals surface area (Å²) >= 11 is 1.51. The van der Waals surface area contributed by atoms with Crippen molar-refractivity contribution in [3.8, 4) is 11.1 Å². The predicted molar refractivity (Wildman–Crippen MR) is 106 cm³/mol. The SMILES string of the molecule is Cc1ccc(-c2c(C)sc3ncn(CC(=O)N4CCOCC4)c(=O)c23)cc1. The normalized spacial score (nSPS) is 14.7. The van der Waals surface area contributed by atoms with E-state index in [9.17, 15) is 9.59 Å². The molecule has 1 saturated heterocycles. The number of rotatable bonds is 3. The summed E-state index contributed by atoms with van der Waals surface area (Å²) in [5.41, 5.74) is 2.92. The molecule has 0 N–H and O–H groups in total. The largest absolute Gasteiger partial charge is 0.378 e. The van der Waals surface area contributed by atoms with Gasteiger partial charge in [0.15, 0.2) is 0 Å². The fourth-order valence-corrected chi connectivity index (χ4v) is 4.38. The van der Waals surface area contributed by atoms with Crippen molar-refractivity contribution >= 4 is 27.5 Å². The molecule has 4 rings (SSSR count). The molecule has 6 nitrogen and oxygen atoms in total. The lowest BCUT2D eigenvalue weighted by Crippen LogP contribution is -2.43. The molecular weight excluding hydrogens is 362 g/mol. The van der Waals surface area contributed by atoms with Gasteiger partial charge in [-0.3, -0.25) is 14.2 Å². The highest BCUT2D eigenvalue weighted by molar-refractivity contribution is 7.19. The molecule has 3 aromatic rings. The summed E-state index contributed by atoms with van der Waals surface area (Å²) < 4.78 is 6.70. The van der Waals surface area contributed by atoms with Gasteiger partial charge >= 0.3 is 0 Å². The molecule has 0 radical (unpaired) electrons.